The maximum absolute atomic E-state index is 13.4. The average molecular weight is 305 g/mol. The lowest BCUT2D eigenvalue weighted by atomic mass is 9.91. The standard InChI is InChI=1S/C16H14F3N3/c1-9(2)13-11-5-10(15(7-20)3-4-15)6-12(16(17,18)19)14(11)22-8-21-13/h5-6,8-9H,3-4H2,1-2H3. The van der Waals surface area contributed by atoms with E-state index in [-0.39, 0.29) is 11.4 Å². The van der Waals surface area contributed by atoms with Gasteiger partial charge >= 0.3 is 6.18 Å². The molecular weight excluding hydrogens is 291 g/mol. The van der Waals surface area contributed by atoms with Gasteiger partial charge in [0, 0.05) is 5.39 Å². The summed E-state index contributed by atoms with van der Waals surface area (Å²) in [6, 6.07) is 4.89. The summed E-state index contributed by atoms with van der Waals surface area (Å²) in [5, 5.41) is 9.68. The van der Waals surface area contributed by atoms with Gasteiger partial charge in [-0.2, -0.15) is 18.4 Å². The van der Waals surface area contributed by atoms with Gasteiger partial charge in [0.25, 0.3) is 0 Å². The van der Waals surface area contributed by atoms with Gasteiger partial charge in [0.1, 0.15) is 6.33 Å². The van der Waals surface area contributed by atoms with E-state index in [1.54, 1.807) is 6.07 Å². The summed E-state index contributed by atoms with van der Waals surface area (Å²) in [6.07, 6.45) is -2.15. The van der Waals surface area contributed by atoms with Crippen LogP contribution in [0.2, 0.25) is 0 Å². The normalized spacial score (nSPS) is 16.8. The van der Waals surface area contributed by atoms with E-state index in [9.17, 15) is 18.4 Å². The van der Waals surface area contributed by atoms with E-state index in [4.69, 9.17) is 0 Å². The third-order valence-electron chi connectivity index (χ3n) is 4.14. The zero-order chi connectivity index (χ0) is 16.1. The molecule has 1 saturated carbocycles. The van der Waals surface area contributed by atoms with Crippen LogP contribution in [0.3, 0.4) is 0 Å². The van der Waals surface area contributed by atoms with Crippen molar-refractivity contribution >= 4 is 10.9 Å². The summed E-state index contributed by atoms with van der Waals surface area (Å²) in [5.41, 5.74) is -0.662. The minimum absolute atomic E-state index is 0.0286. The first-order valence-electron chi connectivity index (χ1n) is 7.06. The van der Waals surface area contributed by atoms with Crippen LogP contribution < -0.4 is 0 Å². The highest BCUT2D eigenvalue weighted by Gasteiger charge is 2.46. The Morgan fingerprint density at radius 1 is 1.23 bits per heavy atom. The fraction of sp³-hybridized carbons (Fsp3) is 0.438. The van der Waals surface area contributed by atoms with Gasteiger partial charge in [-0.1, -0.05) is 13.8 Å². The Balaban J connectivity index is 2.38. The lowest BCUT2D eigenvalue weighted by Gasteiger charge is -2.17. The second kappa shape index (κ2) is 4.67. The lowest BCUT2D eigenvalue weighted by molar-refractivity contribution is -0.136. The number of benzene rings is 1. The summed E-state index contributed by atoms with van der Waals surface area (Å²) in [7, 11) is 0. The Bertz CT molecular complexity index is 784. The van der Waals surface area contributed by atoms with Gasteiger partial charge in [0.2, 0.25) is 0 Å². The molecular formula is C16H14F3N3. The van der Waals surface area contributed by atoms with E-state index in [0.29, 0.717) is 29.5 Å². The van der Waals surface area contributed by atoms with Gasteiger partial charge in [0.15, 0.2) is 0 Å². The van der Waals surface area contributed by atoms with E-state index in [0.717, 1.165) is 6.07 Å². The largest absolute Gasteiger partial charge is 0.418 e. The van der Waals surface area contributed by atoms with E-state index < -0.39 is 17.2 Å². The number of aromatic nitrogens is 2. The zero-order valence-electron chi connectivity index (χ0n) is 12.2. The Morgan fingerprint density at radius 3 is 2.41 bits per heavy atom. The molecule has 0 atom stereocenters. The maximum Gasteiger partial charge on any atom is 0.418 e. The van der Waals surface area contributed by atoms with Crippen LogP contribution in [0.4, 0.5) is 13.2 Å². The molecule has 0 radical (unpaired) electrons. The van der Waals surface area contributed by atoms with Crippen molar-refractivity contribution in [1.82, 2.24) is 9.97 Å². The minimum atomic E-state index is -4.51. The lowest BCUT2D eigenvalue weighted by Crippen LogP contribution is -2.12. The van der Waals surface area contributed by atoms with Gasteiger partial charge in [0.05, 0.1) is 28.3 Å². The zero-order valence-corrected chi connectivity index (χ0v) is 12.2. The fourth-order valence-corrected chi connectivity index (χ4v) is 2.73. The van der Waals surface area contributed by atoms with Gasteiger partial charge in [-0.05, 0) is 36.5 Å². The molecule has 6 heteroatoms. The molecule has 0 aliphatic heterocycles. The Morgan fingerprint density at radius 2 is 1.91 bits per heavy atom. The molecule has 114 valence electrons. The van der Waals surface area contributed by atoms with E-state index in [1.165, 1.54) is 6.33 Å². The quantitative estimate of drug-likeness (QED) is 0.830. The highest BCUT2D eigenvalue weighted by atomic mass is 19.4. The van der Waals surface area contributed by atoms with Crippen LogP contribution in [-0.4, -0.2) is 9.97 Å². The van der Waals surface area contributed by atoms with Gasteiger partial charge in [-0.25, -0.2) is 9.97 Å². The fourth-order valence-electron chi connectivity index (χ4n) is 2.73. The second-order valence-electron chi connectivity index (χ2n) is 6.03. The molecule has 3 nitrogen and oxygen atoms in total. The van der Waals surface area contributed by atoms with Crippen LogP contribution in [0.15, 0.2) is 18.5 Å². The average Bonchev–Trinajstić information content (AvgIpc) is 3.25. The molecule has 1 aliphatic carbocycles. The first-order chi connectivity index (χ1) is 10.3. The smallest absolute Gasteiger partial charge is 0.240 e. The van der Waals surface area contributed by atoms with Crippen LogP contribution in [0.1, 0.15) is 49.4 Å². The highest BCUT2D eigenvalue weighted by molar-refractivity contribution is 5.86. The molecule has 1 aromatic heterocycles. The van der Waals surface area contributed by atoms with Crippen molar-refractivity contribution in [3.8, 4) is 6.07 Å². The number of alkyl halides is 3. The van der Waals surface area contributed by atoms with Crippen molar-refractivity contribution in [1.29, 1.82) is 5.26 Å². The summed E-state index contributed by atoms with van der Waals surface area (Å²) >= 11 is 0. The molecule has 1 aromatic carbocycles. The number of nitrogens with zero attached hydrogens (tertiary/aromatic N) is 3. The predicted molar refractivity (Wildman–Crippen MR) is 75.2 cm³/mol. The predicted octanol–water partition coefficient (Wildman–Crippen LogP) is 4.33. The van der Waals surface area contributed by atoms with Crippen molar-refractivity contribution < 1.29 is 13.2 Å². The third-order valence-corrected chi connectivity index (χ3v) is 4.14. The summed E-state index contributed by atoms with van der Waals surface area (Å²) in [5.74, 6) is -0.0286. The van der Waals surface area contributed by atoms with Gasteiger partial charge < -0.3 is 0 Å². The van der Waals surface area contributed by atoms with Gasteiger partial charge in [-0.3, -0.25) is 0 Å². The molecule has 2 aromatic rings. The third kappa shape index (κ3) is 2.21. The van der Waals surface area contributed by atoms with Crippen LogP contribution in [0, 0.1) is 11.3 Å². The first kappa shape index (κ1) is 14.8. The molecule has 0 saturated heterocycles. The summed E-state index contributed by atoms with van der Waals surface area (Å²) < 4.78 is 40.2. The SMILES string of the molecule is CC(C)c1ncnc2c(C(F)(F)F)cc(C3(C#N)CC3)cc12. The summed E-state index contributed by atoms with van der Waals surface area (Å²) in [4.78, 5) is 7.98. The van der Waals surface area contributed by atoms with Crippen molar-refractivity contribution in [3.63, 3.8) is 0 Å². The molecule has 1 aliphatic rings. The van der Waals surface area contributed by atoms with Crippen molar-refractivity contribution in [3.05, 3.63) is 35.3 Å². The molecule has 1 fully saturated rings. The number of rotatable bonds is 2. The van der Waals surface area contributed by atoms with Crippen LogP contribution in [0.5, 0.6) is 0 Å². The first-order valence-corrected chi connectivity index (χ1v) is 7.06. The molecule has 0 amide bonds. The van der Waals surface area contributed by atoms with Crippen LogP contribution in [0.25, 0.3) is 10.9 Å². The van der Waals surface area contributed by atoms with Crippen molar-refractivity contribution in [2.24, 2.45) is 0 Å². The van der Waals surface area contributed by atoms with E-state index in [2.05, 4.69) is 16.0 Å². The van der Waals surface area contributed by atoms with Crippen LogP contribution >= 0.6 is 0 Å². The molecule has 0 bridgehead atoms. The second-order valence-corrected chi connectivity index (χ2v) is 6.03. The Labute approximate surface area is 125 Å². The van der Waals surface area contributed by atoms with E-state index in [1.807, 2.05) is 13.8 Å². The monoisotopic (exact) mass is 305 g/mol. The topological polar surface area (TPSA) is 49.6 Å². The van der Waals surface area contributed by atoms with Gasteiger partial charge in [-0.15, -0.1) is 0 Å². The molecule has 0 unspecified atom stereocenters. The number of fused-ring (bicyclic) bond motifs is 1. The Hall–Kier alpha value is -2.16. The highest BCUT2D eigenvalue weighted by Crippen LogP contribution is 2.50. The number of hydrogen-bond donors (Lipinski definition) is 0. The minimum Gasteiger partial charge on any atom is -0.240 e. The number of nitriles is 1. The molecule has 0 N–H and O–H groups in total. The molecule has 22 heavy (non-hydrogen) atoms. The summed E-state index contributed by atoms with van der Waals surface area (Å²) in [6.45, 7) is 3.75. The van der Waals surface area contributed by atoms with Crippen molar-refractivity contribution in [2.45, 2.75) is 44.2 Å². The molecule has 1 heterocycles. The number of hydrogen-bond acceptors (Lipinski definition) is 3. The number of halogens is 3. The van der Waals surface area contributed by atoms with E-state index >= 15 is 0 Å². The maximum atomic E-state index is 13.4. The Kier molecular flexibility index (Phi) is 3.13. The van der Waals surface area contributed by atoms with Crippen molar-refractivity contribution in [2.75, 3.05) is 0 Å². The molecule has 0 spiro atoms. The van der Waals surface area contributed by atoms with Crippen LogP contribution in [-0.2, 0) is 11.6 Å². The molecule has 3 rings (SSSR count).